The van der Waals surface area contributed by atoms with E-state index >= 15 is 0 Å². The smallest absolute Gasteiger partial charge is 0.399 e. The van der Waals surface area contributed by atoms with Gasteiger partial charge in [-0.15, -0.1) is 0 Å². The molecule has 0 aromatic carbocycles. The van der Waals surface area contributed by atoms with E-state index < -0.39 is 0 Å². The van der Waals surface area contributed by atoms with Crippen LogP contribution in [-0.4, -0.2) is 18.3 Å². The highest BCUT2D eigenvalue weighted by Gasteiger charge is 2.51. The van der Waals surface area contributed by atoms with Crippen molar-refractivity contribution in [3.8, 4) is 0 Å². The molecule has 1 heterocycles. The highest BCUT2D eigenvalue weighted by molar-refractivity contribution is 6.55. The van der Waals surface area contributed by atoms with E-state index in [1.165, 1.54) is 5.57 Å². The quantitative estimate of drug-likeness (QED) is 0.427. The predicted molar refractivity (Wildman–Crippen MR) is 110 cm³/mol. The number of hydrogen-bond donors (Lipinski definition) is 0. The van der Waals surface area contributed by atoms with Crippen LogP contribution in [0.3, 0.4) is 0 Å². The normalized spacial score (nSPS) is 21.0. The maximum atomic E-state index is 6.21. The van der Waals surface area contributed by atoms with Crippen LogP contribution in [0, 0.1) is 0 Å². The first-order valence-electron chi connectivity index (χ1n) is 8.92. The lowest BCUT2D eigenvalue weighted by molar-refractivity contribution is 0.00578. The van der Waals surface area contributed by atoms with Gasteiger partial charge in [0, 0.05) is 0 Å². The third-order valence-corrected chi connectivity index (χ3v) is 4.60. The highest BCUT2D eigenvalue weighted by atomic mass is 16.7. The van der Waals surface area contributed by atoms with Crippen molar-refractivity contribution >= 4 is 7.12 Å². The van der Waals surface area contributed by atoms with Crippen molar-refractivity contribution in [2.45, 2.75) is 66.6 Å². The summed E-state index contributed by atoms with van der Waals surface area (Å²) < 4.78 is 12.4. The van der Waals surface area contributed by atoms with E-state index in [1.54, 1.807) is 0 Å². The highest BCUT2D eigenvalue weighted by Crippen LogP contribution is 2.39. The monoisotopic (exact) mass is 340 g/mol. The molecule has 0 aromatic heterocycles. The van der Waals surface area contributed by atoms with Crippen molar-refractivity contribution < 1.29 is 9.31 Å². The molecule has 1 rings (SSSR count). The van der Waals surface area contributed by atoms with Crippen LogP contribution in [0.15, 0.2) is 71.3 Å². The van der Waals surface area contributed by atoms with E-state index in [-0.39, 0.29) is 18.3 Å². The lowest BCUT2D eigenvalue weighted by Crippen LogP contribution is -2.41. The fourth-order valence-electron chi connectivity index (χ4n) is 2.52. The molecule has 0 unspecified atom stereocenters. The third kappa shape index (κ3) is 5.45. The average molecular weight is 340 g/mol. The van der Waals surface area contributed by atoms with Crippen LogP contribution < -0.4 is 0 Å². The molecule has 136 valence electrons. The summed E-state index contributed by atoms with van der Waals surface area (Å²) in [5, 5.41) is 0. The molecule has 0 radical (unpaired) electrons. The number of rotatable bonds is 6. The minimum atomic E-state index is -0.369. The molecular weight excluding hydrogens is 307 g/mol. The van der Waals surface area contributed by atoms with Crippen molar-refractivity contribution in [2.24, 2.45) is 0 Å². The van der Waals surface area contributed by atoms with Crippen molar-refractivity contribution in [3.05, 3.63) is 71.3 Å². The zero-order chi connectivity index (χ0) is 19.3. The second-order valence-electron chi connectivity index (χ2n) is 7.56. The van der Waals surface area contributed by atoms with Gasteiger partial charge in [-0.3, -0.25) is 0 Å². The third-order valence-electron chi connectivity index (χ3n) is 4.60. The molecule has 1 fully saturated rings. The zero-order valence-electron chi connectivity index (χ0n) is 17.1. The van der Waals surface area contributed by atoms with E-state index in [2.05, 4.69) is 72.4 Å². The molecule has 0 atom stereocenters. The molecule has 0 bridgehead atoms. The van der Waals surface area contributed by atoms with Crippen LogP contribution in [-0.2, 0) is 9.31 Å². The van der Waals surface area contributed by atoms with Crippen molar-refractivity contribution in [3.63, 3.8) is 0 Å². The topological polar surface area (TPSA) is 18.5 Å². The van der Waals surface area contributed by atoms with Crippen molar-refractivity contribution in [1.29, 1.82) is 0 Å². The molecule has 1 aliphatic rings. The van der Waals surface area contributed by atoms with E-state index in [0.29, 0.717) is 0 Å². The van der Waals surface area contributed by atoms with E-state index in [9.17, 15) is 0 Å². The first-order valence-corrected chi connectivity index (χ1v) is 8.92. The van der Waals surface area contributed by atoms with Gasteiger partial charge in [-0.05, 0) is 72.0 Å². The maximum absolute atomic E-state index is 6.21. The minimum Gasteiger partial charge on any atom is -0.399 e. The second-order valence-corrected chi connectivity index (χ2v) is 7.56. The molecule has 0 N–H and O–H groups in total. The molecule has 3 heteroatoms. The Morgan fingerprint density at radius 2 is 1.48 bits per heavy atom. The molecule has 1 saturated heterocycles. The summed E-state index contributed by atoms with van der Waals surface area (Å²) in [5.74, 6) is 0. The lowest BCUT2D eigenvalue weighted by Gasteiger charge is -2.32. The Hall–Kier alpha value is -1.58. The molecular formula is C22H33BO2. The Morgan fingerprint density at radius 1 is 0.920 bits per heavy atom. The van der Waals surface area contributed by atoms with Gasteiger partial charge in [0.15, 0.2) is 0 Å². The predicted octanol–water partition coefficient (Wildman–Crippen LogP) is 6.15. The zero-order valence-corrected chi connectivity index (χ0v) is 17.1. The van der Waals surface area contributed by atoms with Gasteiger partial charge < -0.3 is 9.31 Å². The van der Waals surface area contributed by atoms with Crippen LogP contribution in [0.1, 0.15) is 55.4 Å². The van der Waals surface area contributed by atoms with Gasteiger partial charge in [-0.25, -0.2) is 0 Å². The van der Waals surface area contributed by atoms with Gasteiger partial charge in [-0.1, -0.05) is 54.7 Å². The van der Waals surface area contributed by atoms with Gasteiger partial charge >= 0.3 is 7.12 Å². The van der Waals surface area contributed by atoms with Crippen LogP contribution in [0.4, 0.5) is 0 Å². The molecule has 0 aromatic rings. The van der Waals surface area contributed by atoms with Crippen LogP contribution in [0.5, 0.6) is 0 Å². The van der Waals surface area contributed by atoms with Gasteiger partial charge in [0.05, 0.1) is 11.2 Å². The van der Waals surface area contributed by atoms with E-state index in [0.717, 1.165) is 16.6 Å². The Morgan fingerprint density at radius 3 is 1.88 bits per heavy atom. The minimum absolute atomic E-state index is 0.348. The summed E-state index contributed by atoms with van der Waals surface area (Å²) in [6, 6.07) is 0. The van der Waals surface area contributed by atoms with Crippen molar-refractivity contribution in [2.75, 3.05) is 0 Å². The summed E-state index contributed by atoms with van der Waals surface area (Å²) in [6.07, 6.45) is 14.3. The van der Waals surface area contributed by atoms with Crippen LogP contribution in [0.2, 0.25) is 0 Å². The summed E-state index contributed by atoms with van der Waals surface area (Å²) >= 11 is 0. The van der Waals surface area contributed by atoms with Crippen LogP contribution in [0.25, 0.3) is 0 Å². The molecule has 1 aliphatic heterocycles. The standard InChI is InChI=1S/C22H33BO2/c1-10-13-18(14-11-2)19(15-17(4)5)16-20(12-3)23-24-21(6,7)22(8,9)25-23/h10-16H,1H2,2-9H3/b14-11-,18-13+,19-16+,20-12+. The molecule has 0 spiro atoms. The van der Waals surface area contributed by atoms with Gasteiger partial charge in [0.2, 0.25) is 0 Å². The largest absolute Gasteiger partial charge is 0.494 e. The lowest BCUT2D eigenvalue weighted by atomic mass is 9.76. The Bertz CT molecular complexity index is 623. The maximum Gasteiger partial charge on any atom is 0.494 e. The summed E-state index contributed by atoms with van der Waals surface area (Å²) in [6.45, 7) is 20.4. The Labute approximate surface area is 154 Å². The number of hydrogen-bond acceptors (Lipinski definition) is 2. The van der Waals surface area contributed by atoms with Gasteiger partial charge in [-0.2, -0.15) is 0 Å². The SMILES string of the molecule is C=C/C=C(\C=C/C)C(/C=C(C)C)=C/C(=C\C)B1OC(C)(C)C(C)(C)O1. The fraction of sp³-hybridized carbons (Fsp3) is 0.455. The summed E-state index contributed by atoms with van der Waals surface area (Å²) in [7, 11) is -0.369. The molecule has 25 heavy (non-hydrogen) atoms. The fourth-order valence-corrected chi connectivity index (χ4v) is 2.52. The molecule has 0 amide bonds. The van der Waals surface area contributed by atoms with Gasteiger partial charge in [0.1, 0.15) is 0 Å². The van der Waals surface area contributed by atoms with Crippen LogP contribution >= 0.6 is 0 Å². The van der Waals surface area contributed by atoms with E-state index in [4.69, 9.17) is 9.31 Å². The summed E-state index contributed by atoms with van der Waals surface area (Å²) in [5.41, 5.74) is 3.77. The Kier molecular flexibility index (Phi) is 7.46. The summed E-state index contributed by atoms with van der Waals surface area (Å²) in [4.78, 5) is 0. The second kappa shape index (κ2) is 8.69. The van der Waals surface area contributed by atoms with Crippen molar-refractivity contribution in [1.82, 2.24) is 0 Å². The number of allylic oxidation sites excluding steroid dienone is 11. The first kappa shape index (κ1) is 21.5. The molecule has 0 aliphatic carbocycles. The van der Waals surface area contributed by atoms with E-state index in [1.807, 2.05) is 32.1 Å². The molecule has 0 saturated carbocycles. The van der Waals surface area contributed by atoms with Gasteiger partial charge in [0.25, 0.3) is 0 Å². The molecule has 2 nitrogen and oxygen atoms in total. The average Bonchev–Trinajstić information content (AvgIpc) is 2.71. The Balaban J connectivity index is 3.34. The first-order chi connectivity index (χ1) is 11.6.